The summed E-state index contributed by atoms with van der Waals surface area (Å²) < 4.78 is 0. The van der Waals surface area contributed by atoms with Gasteiger partial charge in [-0.2, -0.15) is 0 Å². The summed E-state index contributed by atoms with van der Waals surface area (Å²) in [5.41, 5.74) is 0.435. The van der Waals surface area contributed by atoms with Crippen molar-refractivity contribution in [3.05, 3.63) is 11.4 Å². The second-order valence-corrected chi connectivity index (χ2v) is 1.10. The van der Waals surface area contributed by atoms with Crippen molar-refractivity contribution in [2.75, 3.05) is 12.9 Å². The Labute approximate surface area is 54.8 Å². The summed E-state index contributed by atoms with van der Waals surface area (Å²) in [4.78, 5) is 2.96. The van der Waals surface area contributed by atoms with Gasteiger partial charge in [-0.25, -0.2) is 6.57 Å². The third kappa shape index (κ3) is 18.0. The van der Waals surface area contributed by atoms with Crippen LogP contribution in [0, 0.1) is 12.0 Å². The zero-order valence-electron chi connectivity index (χ0n) is 5.03. The van der Waals surface area contributed by atoms with Crippen molar-refractivity contribution in [2.45, 2.75) is 6.92 Å². The van der Waals surface area contributed by atoms with E-state index in [9.17, 15) is 0 Å². The number of hydrogen-bond donors (Lipinski definition) is 1. The normalized spacial score (nSPS) is 5.75. The van der Waals surface area contributed by atoms with Crippen molar-refractivity contribution >= 4 is 17.3 Å². The number of rotatable bonds is 1. The van der Waals surface area contributed by atoms with Gasteiger partial charge < -0.3 is 10.3 Å². The van der Waals surface area contributed by atoms with Gasteiger partial charge in [0.15, 0.2) is 0 Å². The van der Waals surface area contributed by atoms with E-state index in [1.165, 1.54) is 6.38 Å². The predicted molar refractivity (Wildman–Crippen MR) is 36.6 cm³/mol. The molecule has 0 unspecified atom stereocenters. The maximum Gasteiger partial charge on any atom is 0.251 e. The first-order valence-electron chi connectivity index (χ1n) is 2.02. The molecular weight excluding hydrogens is 124 g/mol. The SMILES string of the molecule is CCl.[C-]#[N+]CC(C)=N. The minimum Gasteiger partial charge on any atom is -0.310 e. The summed E-state index contributed by atoms with van der Waals surface area (Å²) in [6.45, 7) is 8.09. The maximum absolute atomic E-state index is 6.68. The van der Waals surface area contributed by atoms with Gasteiger partial charge >= 0.3 is 0 Å². The lowest BCUT2D eigenvalue weighted by Crippen LogP contribution is -1.88. The lowest BCUT2D eigenvalue weighted by molar-refractivity contribution is 1.41. The summed E-state index contributed by atoms with van der Waals surface area (Å²) >= 11 is 4.64. The van der Waals surface area contributed by atoms with Crippen LogP contribution in [-0.2, 0) is 0 Å². The third-order valence-electron chi connectivity index (χ3n) is 0.316. The Balaban J connectivity index is 0. The topological polar surface area (TPSA) is 28.2 Å². The Morgan fingerprint density at radius 1 is 1.75 bits per heavy atom. The summed E-state index contributed by atoms with van der Waals surface area (Å²) in [5, 5.41) is 6.68. The smallest absolute Gasteiger partial charge is 0.251 e. The molecule has 1 N–H and O–H groups in total. The lowest BCUT2D eigenvalue weighted by atomic mass is 10.4. The minimum atomic E-state index is 0.250. The number of halogens is 1. The molecule has 0 atom stereocenters. The summed E-state index contributed by atoms with van der Waals surface area (Å²) in [6.07, 6.45) is 1.47. The van der Waals surface area contributed by atoms with Gasteiger partial charge in [-0.1, -0.05) is 0 Å². The fraction of sp³-hybridized carbons (Fsp3) is 0.600. The van der Waals surface area contributed by atoms with Gasteiger partial charge in [0, 0.05) is 6.38 Å². The van der Waals surface area contributed by atoms with Crippen LogP contribution >= 0.6 is 11.6 Å². The van der Waals surface area contributed by atoms with Gasteiger partial charge in [-0.15, -0.1) is 11.6 Å². The first kappa shape index (κ1) is 10.4. The zero-order valence-corrected chi connectivity index (χ0v) is 5.79. The number of hydrogen-bond acceptors (Lipinski definition) is 1. The van der Waals surface area contributed by atoms with E-state index in [2.05, 4.69) is 16.4 Å². The quantitative estimate of drug-likeness (QED) is 0.320. The molecular formula is C5H9ClN2. The molecule has 0 amide bonds. The Morgan fingerprint density at radius 3 is 2.12 bits per heavy atom. The third-order valence-corrected chi connectivity index (χ3v) is 0.316. The Kier molecular flexibility index (Phi) is 12.6. The molecule has 3 heteroatoms. The van der Waals surface area contributed by atoms with Gasteiger partial charge in [0.05, 0.1) is 5.71 Å². The molecule has 0 spiro atoms. The number of nitrogens with zero attached hydrogens (tertiary/aromatic N) is 1. The van der Waals surface area contributed by atoms with E-state index < -0.39 is 0 Å². The molecule has 0 fully saturated rings. The van der Waals surface area contributed by atoms with E-state index in [0.29, 0.717) is 5.71 Å². The fourth-order valence-corrected chi connectivity index (χ4v) is 0.119. The molecule has 0 bridgehead atoms. The molecule has 0 radical (unpaired) electrons. The fourth-order valence-electron chi connectivity index (χ4n) is 0.119. The van der Waals surface area contributed by atoms with E-state index in [1.807, 2.05) is 0 Å². The molecule has 0 aliphatic carbocycles. The molecule has 8 heavy (non-hydrogen) atoms. The maximum atomic E-state index is 6.68. The molecule has 46 valence electrons. The van der Waals surface area contributed by atoms with Crippen molar-refractivity contribution in [2.24, 2.45) is 0 Å². The minimum absolute atomic E-state index is 0.250. The summed E-state index contributed by atoms with van der Waals surface area (Å²) in [7, 11) is 0. The van der Waals surface area contributed by atoms with Crippen molar-refractivity contribution in [1.29, 1.82) is 5.41 Å². The van der Waals surface area contributed by atoms with Crippen LogP contribution in [0.4, 0.5) is 0 Å². The van der Waals surface area contributed by atoms with E-state index in [-0.39, 0.29) is 6.54 Å². The van der Waals surface area contributed by atoms with Crippen LogP contribution in [-0.4, -0.2) is 18.6 Å². The Hall–Kier alpha value is -0.550. The molecule has 0 aromatic rings. The molecule has 2 nitrogen and oxygen atoms in total. The van der Waals surface area contributed by atoms with Crippen LogP contribution in [0.25, 0.3) is 4.85 Å². The highest BCUT2D eigenvalue weighted by atomic mass is 35.5. The van der Waals surface area contributed by atoms with Crippen LogP contribution in [0.15, 0.2) is 0 Å². The second-order valence-electron chi connectivity index (χ2n) is 1.10. The van der Waals surface area contributed by atoms with Crippen molar-refractivity contribution < 1.29 is 0 Å². The first-order valence-corrected chi connectivity index (χ1v) is 2.78. The standard InChI is InChI=1S/C4H6N2.CH3Cl/c1-4(5)3-6-2;1-2/h5H,3H2,1H3;1H3. The number of nitrogens with one attached hydrogen (secondary N) is 1. The van der Waals surface area contributed by atoms with Crippen LogP contribution in [0.2, 0.25) is 0 Å². The van der Waals surface area contributed by atoms with E-state index in [0.717, 1.165) is 0 Å². The molecule has 0 aromatic heterocycles. The molecule has 0 rings (SSSR count). The van der Waals surface area contributed by atoms with Crippen molar-refractivity contribution in [3.8, 4) is 0 Å². The van der Waals surface area contributed by atoms with Crippen LogP contribution < -0.4 is 0 Å². The van der Waals surface area contributed by atoms with E-state index in [1.54, 1.807) is 6.92 Å². The predicted octanol–water partition coefficient (Wildman–Crippen LogP) is 1.80. The van der Waals surface area contributed by atoms with Crippen LogP contribution in [0.5, 0.6) is 0 Å². The van der Waals surface area contributed by atoms with Crippen LogP contribution in [0.3, 0.4) is 0 Å². The second kappa shape index (κ2) is 9.67. The highest BCUT2D eigenvalue weighted by molar-refractivity contribution is 6.15. The number of alkyl halides is 1. The molecule has 0 saturated carbocycles. The average Bonchev–Trinajstić information content (AvgIpc) is 1.72. The molecule has 0 aliphatic rings. The van der Waals surface area contributed by atoms with Gasteiger partial charge in [-0.05, 0) is 6.92 Å². The summed E-state index contributed by atoms with van der Waals surface area (Å²) in [6, 6.07) is 0. The molecule has 0 saturated heterocycles. The molecule has 0 aromatic carbocycles. The van der Waals surface area contributed by atoms with Gasteiger partial charge in [0.25, 0.3) is 6.54 Å². The molecule has 0 heterocycles. The van der Waals surface area contributed by atoms with Crippen molar-refractivity contribution in [3.63, 3.8) is 0 Å². The highest BCUT2D eigenvalue weighted by Crippen LogP contribution is 1.67. The Bertz CT molecular complexity index is 93.1. The Morgan fingerprint density at radius 2 is 2.12 bits per heavy atom. The van der Waals surface area contributed by atoms with Crippen molar-refractivity contribution in [1.82, 2.24) is 0 Å². The first-order chi connectivity index (χ1) is 3.77. The lowest BCUT2D eigenvalue weighted by Gasteiger charge is -1.73. The van der Waals surface area contributed by atoms with Gasteiger partial charge in [0.2, 0.25) is 0 Å². The molecule has 0 aliphatic heterocycles. The van der Waals surface area contributed by atoms with Gasteiger partial charge in [-0.3, -0.25) is 0 Å². The van der Waals surface area contributed by atoms with E-state index in [4.69, 9.17) is 12.0 Å². The van der Waals surface area contributed by atoms with Gasteiger partial charge in [0.1, 0.15) is 0 Å². The highest BCUT2D eigenvalue weighted by Gasteiger charge is 1.82. The zero-order chi connectivity index (χ0) is 6.99. The van der Waals surface area contributed by atoms with Crippen LogP contribution in [0.1, 0.15) is 6.92 Å². The van der Waals surface area contributed by atoms with E-state index >= 15 is 0 Å². The largest absolute Gasteiger partial charge is 0.310 e. The monoisotopic (exact) mass is 132 g/mol. The average molecular weight is 133 g/mol. The summed E-state index contributed by atoms with van der Waals surface area (Å²) in [5.74, 6) is 0.